The molecule has 0 aliphatic rings. The molecule has 1 heterocycles. The molecule has 0 spiro atoms. The van der Waals surface area contributed by atoms with E-state index in [4.69, 9.17) is 10.5 Å². The van der Waals surface area contributed by atoms with Crippen molar-refractivity contribution in [1.82, 2.24) is 4.57 Å². The lowest BCUT2D eigenvalue weighted by Crippen LogP contribution is -2.05. The Morgan fingerprint density at radius 1 is 1.04 bits per heavy atom. The number of rotatable bonds is 8. The van der Waals surface area contributed by atoms with Gasteiger partial charge in [-0.05, 0) is 36.6 Å². The SMILES string of the molecule is CCCCOc1cccc(-c2c(O)c(Cc3ccccc3)n(CC)c2N)c1. The van der Waals surface area contributed by atoms with Crippen LogP contribution in [0.5, 0.6) is 11.5 Å². The Morgan fingerprint density at radius 2 is 1.81 bits per heavy atom. The predicted molar refractivity (Wildman–Crippen MR) is 111 cm³/mol. The van der Waals surface area contributed by atoms with E-state index >= 15 is 0 Å². The molecule has 4 nitrogen and oxygen atoms in total. The van der Waals surface area contributed by atoms with E-state index in [9.17, 15) is 5.11 Å². The summed E-state index contributed by atoms with van der Waals surface area (Å²) in [5.41, 5.74) is 9.98. The Labute approximate surface area is 161 Å². The number of nitrogen functional groups attached to an aromatic ring is 1. The smallest absolute Gasteiger partial charge is 0.146 e. The normalized spacial score (nSPS) is 10.9. The number of benzene rings is 2. The predicted octanol–water partition coefficient (Wildman–Crippen LogP) is 5.23. The van der Waals surface area contributed by atoms with Crippen LogP contribution >= 0.6 is 0 Å². The van der Waals surface area contributed by atoms with Crippen LogP contribution in [0.2, 0.25) is 0 Å². The highest BCUT2D eigenvalue weighted by Gasteiger charge is 2.21. The third-order valence-electron chi connectivity index (χ3n) is 4.80. The van der Waals surface area contributed by atoms with E-state index in [1.54, 1.807) is 0 Å². The van der Waals surface area contributed by atoms with Crippen LogP contribution in [0.4, 0.5) is 5.82 Å². The Morgan fingerprint density at radius 3 is 2.52 bits per heavy atom. The molecule has 0 unspecified atom stereocenters. The topological polar surface area (TPSA) is 60.4 Å². The van der Waals surface area contributed by atoms with Crippen LogP contribution in [0.15, 0.2) is 54.6 Å². The summed E-state index contributed by atoms with van der Waals surface area (Å²) in [7, 11) is 0. The van der Waals surface area contributed by atoms with Gasteiger partial charge in [-0.25, -0.2) is 0 Å². The molecule has 0 radical (unpaired) electrons. The molecule has 1 aromatic heterocycles. The van der Waals surface area contributed by atoms with E-state index < -0.39 is 0 Å². The first-order valence-electron chi connectivity index (χ1n) is 9.62. The van der Waals surface area contributed by atoms with Crippen molar-refractivity contribution in [3.8, 4) is 22.6 Å². The van der Waals surface area contributed by atoms with Gasteiger partial charge in [0.1, 0.15) is 17.3 Å². The van der Waals surface area contributed by atoms with Crippen molar-refractivity contribution in [3.05, 3.63) is 65.9 Å². The molecule has 142 valence electrons. The van der Waals surface area contributed by atoms with Gasteiger partial charge in [0, 0.05) is 13.0 Å². The molecule has 0 aliphatic carbocycles. The van der Waals surface area contributed by atoms with E-state index in [1.165, 1.54) is 0 Å². The second kappa shape index (κ2) is 8.67. The van der Waals surface area contributed by atoms with Crippen molar-refractivity contribution in [2.45, 2.75) is 39.7 Å². The largest absolute Gasteiger partial charge is 0.505 e. The summed E-state index contributed by atoms with van der Waals surface area (Å²) in [5.74, 6) is 1.64. The molecule has 0 bridgehead atoms. The lowest BCUT2D eigenvalue weighted by atomic mass is 10.0. The zero-order chi connectivity index (χ0) is 19.2. The molecule has 4 heteroatoms. The lowest BCUT2D eigenvalue weighted by Gasteiger charge is -2.09. The van der Waals surface area contributed by atoms with Crippen LogP contribution in [0.1, 0.15) is 37.9 Å². The van der Waals surface area contributed by atoms with Crippen LogP contribution in [-0.2, 0) is 13.0 Å². The minimum absolute atomic E-state index is 0.254. The van der Waals surface area contributed by atoms with Crippen molar-refractivity contribution in [2.24, 2.45) is 0 Å². The summed E-state index contributed by atoms with van der Waals surface area (Å²) in [6.07, 6.45) is 2.75. The number of hydrogen-bond donors (Lipinski definition) is 2. The highest BCUT2D eigenvalue weighted by molar-refractivity contribution is 5.83. The van der Waals surface area contributed by atoms with Gasteiger partial charge >= 0.3 is 0 Å². The van der Waals surface area contributed by atoms with E-state index in [0.717, 1.165) is 35.4 Å². The first kappa shape index (κ1) is 18.9. The minimum atomic E-state index is 0.254. The summed E-state index contributed by atoms with van der Waals surface area (Å²) in [4.78, 5) is 0. The van der Waals surface area contributed by atoms with Crippen molar-refractivity contribution >= 4 is 5.82 Å². The Balaban J connectivity index is 1.98. The van der Waals surface area contributed by atoms with E-state index in [2.05, 4.69) is 19.1 Å². The number of aromatic hydroxyl groups is 1. The molecule has 3 N–H and O–H groups in total. The van der Waals surface area contributed by atoms with Crippen LogP contribution in [-0.4, -0.2) is 16.3 Å². The summed E-state index contributed by atoms with van der Waals surface area (Å²) < 4.78 is 7.81. The number of ether oxygens (including phenoxy) is 1. The van der Waals surface area contributed by atoms with Crippen molar-refractivity contribution in [2.75, 3.05) is 12.3 Å². The van der Waals surface area contributed by atoms with Crippen LogP contribution in [0, 0.1) is 0 Å². The zero-order valence-electron chi connectivity index (χ0n) is 16.1. The zero-order valence-corrected chi connectivity index (χ0v) is 16.1. The molecule has 0 amide bonds. The molecule has 0 saturated heterocycles. The quantitative estimate of drug-likeness (QED) is 0.538. The van der Waals surface area contributed by atoms with Gasteiger partial charge in [0.2, 0.25) is 0 Å². The molecule has 0 saturated carbocycles. The standard InChI is InChI=1S/C23H28N2O2/c1-3-5-14-27-19-13-9-12-18(16-19)21-22(26)20(25(4-2)23(21)24)15-17-10-7-6-8-11-17/h6-13,16,26H,3-5,14-15,24H2,1-2H3. The Hall–Kier alpha value is -2.88. The Kier molecular flexibility index (Phi) is 6.07. The lowest BCUT2D eigenvalue weighted by molar-refractivity contribution is 0.309. The highest BCUT2D eigenvalue weighted by atomic mass is 16.5. The van der Waals surface area contributed by atoms with Gasteiger partial charge in [0.15, 0.2) is 0 Å². The second-order valence-corrected chi connectivity index (χ2v) is 6.69. The van der Waals surface area contributed by atoms with Gasteiger partial charge in [-0.15, -0.1) is 0 Å². The molecular weight excluding hydrogens is 336 g/mol. The minimum Gasteiger partial charge on any atom is -0.505 e. The monoisotopic (exact) mass is 364 g/mol. The molecular formula is C23H28N2O2. The number of hydrogen-bond acceptors (Lipinski definition) is 3. The average Bonchev–Trinajstić information content (AvgIpc) is 2.92. The molecule has 3 rings (SSSR count). The number of anilines is 1. The van der Waals surface area contributed by atoms with Crippen molar-refractivity contribution in [1.29, 1.82) is 0 Å². The van der Waals surface area contributed by atoms with Gasteiger partial charge in [0.05, 0.1) is 17.9 Å². The maximum atomic E-state index is 11.0. The van der Waals surface area contributed by atoms with Gasteiger partial charge in [0.25, 0.3) is 0 Å². The summed E-state index contributed by atoms with van der Waals surface area (Å²) >= 11 is 0. The average molecular weight is 364 g/mol. The molecule has 3 aromatic rings. The number of nitrogens with zero attached hydrogens (tertiary/aromatic N) is 1. The first-order valence-corrected chi connectivity index (χ1v) is 9.62. The van der Waals surface area contributed by atoms with Gasteiger partial charge < -0.3 is 20.1 Å². The maximum Gasteiger partial charge on any atom is 0.146 e. The molecule has 27 heavy (non-hydrogen) atoms. The fourth-order valence-corrected chi connectivity index (χ4v) is 3.36. The van der Waals surface area contributed by atoms with Gasteiger partial charge in [-0.1, -0.05) is 55.8 Å². The fourth-order valence-electron chi connectivity index (χ4n) is 3.36. The van der Waals surface area contributed by atoms with Gasteiger partial charge in [-0.3, -0.25) is 0 Å². The fraction of sp³-hybridized carbons (Fsp3) is 0.304. The summed E-state index contributed by atoms with van der Waals surface area (Å²) in [5, 5.41) is 11.0. The highest BCUT2D eigenvalue weighted by Crippen LogP contribution is 2.42. The second-order valence-electron chi connectivity index (χ2n) is 6.69. The van der Waals surface area contributed by atoms with Crippen molar-refractivity contribution < 1.29 is 9.84 Å². The third-order valence-corrected chi connectivity index (χ3v) is 4.80. The maximum absolute atomic E-state index is 11.0. The number of aromatic nitrogens is 1. The van der Waals surface area contributed by atoms with E-state index in [1.807, 2.05) is 54.0 Å². The van der Waals surface area contributed by atoms with Crippen LogP contribution in [0.3, 0.4) is 0 Å². The molecule has 0 aliphatic heterocycles. The van der Waals surface area contributed by atoms with Crippen LogP contribution < -0.4 is 10.5 Å². The van der Waals surface area contributed by atoms with Gasteiger partial charge in [-0.2, -0.15) is 0 Å². The first-order chi connectivity index (χ1) is 13.2. The summed E-state index contributed by atoms with van der Waals surface area (Å²) in [6.45, 7) is 5.57. The van der Waals surface area contributed by atoms with E-state index in [-0.39, 0.29) is 5.75 Å². The molecule has 0 atom stereocenters. The summed E-state index contributed by atoms with van der Waals surface area (Å²) in [6, 6.07) is 17.9. The number of unbranched alkanes of at least 4 members (excludes halogenated alkanes) is 1. The molecule has 2 aromatic carbocycles. The Bertz CT molecular complexity index is 885. The number of nitrogens with two attached hydrogens (primary N) is 1. The molecule has 0 fully saturated rings. The van der Waals surface area contributed by atoms with Crippen molar-refractivity contribution in [3.63, 3.8) is 0 Å². The van der Waals surface area contributed by atoms with Crippen LogP contribution in [0.25, 0.3) is 11.1 Å². The van der Waals surface area contributed by atoms with E-state index in [0.29, 0.717) is 31.0 Å². The third kappa shape index (κ3) is 4.11.